The number of halogens is 1. The van der Waals surface area contributed by atoms with Crippen LogP contribution in [0.2, 0.25) is 0 Å². The Kier molecular flexibility index (Phi) is 7.04. The molecule has 2 aliphatic rings. The summed E-state index contributed by atoms with van der Waals surface area (Å²) in [5.74, 6) is -0.299. The van der Waals surface area contributed by atoms with Crippen LogP contribution >= 0.6 is 0 Å². The number of ether oxygens (including phenoxy) is 2. The van der Waals surface area contributed by atoms with Crippen LogP contribution in [0.4, 0.5) is 4.39 Å². The van der Waals surface area contributed by atoms with Crippen LogP contribution in [-0.2, 0) is 16.1 Å². The highest BCUT2D eigenvalue weighted by Crippen LogP contribution is 2.23. The highest BCUT2D eigenvalue weighted by atomic mass is 19.1. The van der Waals surface area contributed by atoms with E-state index in [4.69, 9.17) is 15.2 Å². The minimum absolute atomic E-state index is 0.0115. The predicted molar refractivity (Wildman–Crippen MR) is 101 cm³/mol. The van der Waals surface area contributed by atoms with Gasteiger partial charge in [0.2, 0.25) is 5.91 Å². The number of benzene rings is 1. The van der Waals surface area contributed by atoms with Crippen molar-refractivity contribution in [3.63, 3.8) is 0 Å². The summed E-state index contributed by atoms with van der Waals surface area (Å²) >= 11 is 0. The average molecular weight is 379 g/mol. The van der Waals surface area contributed by atoms with Gasteiger partial charge in [0.1, 0.15) is 0 Å². The van der Waals surface area contributed by atoms with Crippen LogP contribution in [0.5, 0.6) is 5.75 Å². The molecule has 0 aromatic heterocycles. The number of nitrogens with one attached hydrogen (secondary N) is 1. The molecule has 2 fully saturated rings. The quantitative estimate of drug-likeness (QED) is 0.814. The molecule has 0 bridgehead atoms. The Hall–Kier alpha value is -1.70. The lowest BCUT2D eigenvalue weighted by molar-refractivity contribution is -0.126. The van der Waals surface area contributed by atoms with Crippen LogP contribution in [-0.4, -0.2) is 56.3 Å². The Labute approximate surface area is 160 Å². The lowest BCUT2D eigenvalue weighted by atomic mass is 10.00. The Morgan fingerprint density at radius 2 is 2.07 bits per heavy atom. The van der Waals surface area contributed by atoms with Crippen molar-refractivity contribution < 1.29 is 18.7 Å². The second-order valence-electron chi connectivity index (χ2n) is 7.52. The van der Waals surface area contributed by atoms with E-state index < -0.39 is 5.82 Å². The van der Waals surface area contributed by atoms with E-state index in [0.717, 1.165) is 52.0 Å². The maximum Gasteiger partial charge on any atom is 0.224 e. The maximum atomic E-state index is 13.8. The van der Waals surface area contributed by atoms with E-state index >= 15 is 0 Å². The Bertz CT molecular complexity index is 637. The Balaban J connectivity index is 1.58. The molecule has 0 radical (unpaired) electrons. The first-order valence-corrected chi connectivity index (χ1v) is 9.74. The number of likely N-dealkylation sites (tertiary alicyclic amines) is 1. The fourth-order valence-corrected chi connectivity index (χ4v) is 3.97. The largest absolute Gasteiger partial charge is 0.494 e. The molecule has 0 spiro atoms. The number of amides is 1. The number of carbonyl (C=O) groups is 1. The lowest BCUT2D eigenvalue weighted by Gasteiger charge is -2.35. The monoisotopic (exact) mass is 379 g/mol. The van der Waals surface area contributed by atoms with Crippen molar-refractivity contribution in [3.05, 3.63) is 29.6 Å². The molecule has 6 nitrogen and oxygen atoms in total. The first kappa shape index (κ1) is 20.0. The molecule has 2 saturated heterocycles. The van der Waals surface area contributed by atoms with Crippen molar-refractivity contribution in [3.8, 4) is 5.75 Å². The van der Waals surface area contributed by atoms with Gasteiger partial charge in [0.25, 0.3) is 0 Å². The molecule has 3 rings (SSSR count). The molecule has 2 heterocycles. The van der Waals surface area contributed by atoms with Crippen molar-refractivity contribution in [2.45, 2.75) is 44.3 Å². The molecule has 0 aliphatic carbocycles. The molecule has 150 valence electrons. The summed E-state index contributed by atoms with van der Waals surface area (Å²) in [5.41, 5.74) is 6.96. The molecule has 2 aliphatic heterocycles. The Morgan fingerprint density at radius 1 is 1.30 bits per heavy atom. The summed E-state index contributed by atoms with van der Waals surface area (Å²) in [6.07, 6.45) is 3.61. The van der Waals surface area contributed by atoms with Gasteiger partial charge in [0.15, 0.2) is 11.6 Å². The summed E-state index contributed by atoms with van der Waals surface area (Å²) in [7, 11) is 1.43. The second kappa shape index (κ2) is 9.48. The normalized spacial score (nSPS) is 25.0. The molecule has 1 aromatic rings. The van der Waals surface area contributed by atoms with E-state index in [0.29, 0.717) is 18.2 Å². The SMILES string of the molecule is COc1ccc(CNC(=O)[C@@H]2CC[C@H](N)CN(C3CCOCC3)C2)cc1F. The maximum absolute atomic E-state index is 13.8. The van der Waals surface area contributed by atoms with Crippen molar-refractivity contribution >= 4 is 5.91 Å². The summed E-state index contributed by atoms with van der Waals surface area (Å²) in [6.45, 7) is 3.41. The van der Waals surface area contributed by atoms with Gasteiger partial charge < -0.3 is 20.5 Å². The van der Waals surface area contributed by atoms with E-state index in [2.05, 4.69) is 10.2 Å². The van der Waals surface area contributed by atoms with Crippen LogP contribution < -0.4 is 15.8 Å². The minimum Gasteiger partial charge on any atom is -0.494 e. The molecule has 3 N–H and O–H groups in total. The van der Waals surface area contributed by atoms with E-state index in [-0.39, 0.29) is 23.6 Å². The molecule has 1 aromatic carbocycles. The van der Waals surface area contributed by atoms with Crippen molar-refractivity contribution in [1.29, 1.82) is 0 Å². The topological polar surface area (TPSA) is 76.8 Å². The highest BCUT2D eigenvalue weighted by Gasteiger charge is 2.31. The van der Waals surface area contributed by atoms with Crippen LogP contribution in [0.1, 0.15) is 31.2 Å². The molecule has 0 saturated carbocycles. The van der Waals surface area contributed by atoms with Crippen LogP contribution in [0.25, 0.3) is 0 Å². The number of rotatable bonds is 5. The predicted octanol–water partition coefficient (Wildman–Crippen LogP) is 1.67. The van der Waals surface area contributed by atoms with E-state index in [1.54, 1.807) is 12.1 Å². The molecule has 1 amide bonds. The summed E-state index contributed by atoms with van der Waals surface area (Å²) in [6, 6.07) is 5.28. The van der Waals surface area contributed by atoms with Crippen molar-refractivity contribution in [2.75, 3.05) is 33.4 Å². The molecular weight excluding hydrogens is 349 g/mol. The number of hydrogen-bond donors (Lipinski definition) is 2. The van der Waals surface area contributed by atoms with E-state index in [1.807, 2.05) is 0 Å². The van der Waals surface area contributed by atoms with Gasteiger partial charge in [0.05, 0.1) is 13.0 Å². The van der Waals surface area contributed by atoms with Crippen LogP contribution in [0.3, 0.4) is 0 Å². The van der Waals surface area contributed by atoms with Gasteiger partial charge in [-0.15, -0.1) is 0 Å². The molecule has 7 heteroatoms. The first-order chi connectivity index (χ1) is 13.1. The second-order valence-corrected chi connectivity index (χ2v) is 7.52. The number of carbonyl (C=O) groups excluding carboxylic acids is 1. The minimum atomic E-state index is -0.421. The third kappa shape index (κ3) is 5.40. The summed E-state index contributed by atoms with van der Waals surface area (Å²) in [4.78, 5) is 15.1. The van der Waals surface area contributed by atoms with E-state index in [9.17, 15) is 9.18 Å². The molecule has 27 heavy (non-hydrogen) atoms. The van der Waals surface area contributed by atoms with Crippen molar-refractivity contribution in [2.24, 2.45) is 11.7 Å². The fraction of sp³-hybridized carbons (Fsp3) is 0.650. The van der Waals surface area contributed by atoms with Gasteiger partial charge in [-0.05, 0) is 43.4 Å². The van der Waals surface area contributed by atoms with Gasteiger partial charge in [-0.1, -0.05) is 6.07 Å². The first-order valence-electron chi connectivity index (χ1n) is 9.74. The number of nitrogens with zero attached hydrogens (tertiary/aromatic N) is 1. The number of hydrogen-bond acceptors (Lipinski definition) is 5. The number of nitrogens with two attached hydrogens (primary N) is 1. The van der Waals surface area contributed by atoms with Gasteiger partial charge in [-0.2, -0.15) is 0 Å². The third-order valence-electron chi connectivity index (χ3n) is 5.57. The summed E-state index contributed by atoms with van der Waals surface area (Å²) < 4.78 is 24.2. The third-order valence-corrected chi connectivity index (χ3v) is 5.57. The van der Waals surface area contributed by atoms with Gasteiger partial charge in [0, 0.05) is 44.9 Å². The van der Waals surface area contributed by atoms with Gasteiger partial charge in [-0.25, -0.2) is 4.39 Å². The number of methoxy groups -OCH3 is 1. The van der Waals surface area contributed by atoms with Gasteiger partial charge in [-0.3, -0.25) is 9.69 Å². The van der Waals surface area contributed by atoms with Gasteiger partial charge >= 0.3 is 0 Å². The molecular formula is C20H30FN3O3. The summed E-state index contributed by atoms with van der Waals surface area (Å²) in [5, 5.41) is 2.96. The van der Waals surface area contributed by atoms with Crippen molar-refractivity contribution in [1.82, 2.24) is 10.2 Å². The molecule has 0 unspecified atom stereocenters. The Morgan fingerprint density at radius 3 is 2.78 bits per heavy atom. The standard InChI is InChI=1S/C20H30FN3O3/c1-26-19-5-2-14(10-18(19)21)11-23-20(25)15-3-4-16(22)13-24(12-15)17-6-8-27-9-7-17/h2,5,10,15-17H,3-4,6-9,11-13,22H2,1H3,(H,23,25)/t15-,16+/m1/s1. The zero-order chi connectivity index (χ0) is 19.2. The van der Waals surface area contributed by atoms with Crippen LogP contribution in [0.15, 0.2) is 18.2 Å². The lowest BCUT2D eigenvalue weighted by Crippen LogP contribution is -2.47. The van der Waals surface area contributed by atoms with Crippen LogP contribution in [0, 0.1) is 11.7 Å². The zero-order valence-corrected chi connectivity index (χ0v) is 16.0. The average Bonchev–Trinajstić information content (AvgIpc) is 2.89. The highest BCUT2D eigenvalue weighted by molar-refractivity contribution is 5.78. The molecule has 2 atom stereocenters. The zero-order valence-electron chi connectivity index (χ0n) is 16.0. The fourth-order valence-electron chi connectivity index (χ4n) is 3.97. The van der Waals surface area contributed by atoms with E-state index in [1.165, 1.54) is 13.2 Å². The smallest absolute Gasteiger partial charge is 0.224 e.